The summed E-state index contributed by atoms with van der Waals surface area (Å²) in [6, 6.07) is 32.7. The molecule has 3 N–H and O–H groups in total. The minimum atomic E-state index is -6.10. The average Bonchev–Trinajstić information content (AvgIpc) is 3.36. The van der Waals surface area contributed by atoms with E-state index in [0.29, 0.717) is 75.4 Å². The highest BCUT2D eigenvalue weighted by Gasteiger charge is 2.48. The molecule has 0 bridgehead atoms. The number of ether oxygens (including phenoxy) is 1. The number of halogens is 4. The number of amides is 1. The van der Waals surface area contributed by atoms with Crippen LogP contribution in [0.2, 0.25) is 5.02 Å². The highest BCUT2D eigenvalue weighted by atomic mass is 35.5. The number of sulfonamides is 1. The van der Waals surface area contributed by atoms with E-state index in [0.717, 1.165) is 59.0 Å². The second-order valence-corrected chi connectivity index (χ2v) is 22.6. The zero-order valence-electron chi connectivity index (χ0n) is 39.0. The van der Waals surface area contributed by atoms with Crippen LogP contribution in [0, 0.1) is 5.92 Å². The SMILES string of the molecule is CCN(CC)C[C@@H]1CN(CC[C@H](CSc2ccccc2)Nc2ccc(S(=O)(=O)NC(=O)c3ccc(N4CCC([C@@H](O)c5ccccc5-c5ccc(Cl)cc5)CC4)cc3)cc2S(=O)(=O)C(F)(F)F)CCO1. The van der Waals surface area contributed by atoms with Crippen LogP contribution in [0.25, 0.3) is 11.1 Å². The molecule has 376 valence electrons. The normalized spacial score (nSPS) is 17.3. The molecule has 0 radical (unpaired) electrons. The molecule has 0 aromatic heterocycles. The van der Waals surface area contributed by atoms with Crippen LogP contribution in [0.3, 0.4) is 0 Å². The number of rotatable bonds is 20. The highest BCUT2D eigenvalue weighted by molar-refractivity contribution is 7.99. The van der Waals surface area contributed by atoms with Gasteiger partial charge in [0, 0.05) is 72.2 Å². The van der Waals surface area contributed by atoms with E-state index >= 15 is 0 Å². The molecule has 7 rings (SSSR count). The first-order valence-electron chi connectivity index (χ1n) is 23.4. The van der Waals surface area contributed by atoms with Crippen LogP contribution in [0.1, 0.15) is 55.1 Å². The summed E-state index contributed by atoms with van der Waals surface area (Å²) in [4.78, 5) is 18.8. The third kappa shape index (κ3) is 13.4. The third-order valence-corrected chi connectivity index (χ3v) is 17.2. The van der Waals surface area contributed by atoms with Gasteiger partial charge in [0.05, 0.1) is 29.4 Å². The van der Waals surface area contributed by atoms with Gasteiger partial charge in [-0.1, -0.05) is 80.0 Å². The lowest BCUT2D eigenvalue weighted by atomic mass is 9.84. The van der Waals surface area contributed by atoms with Gasteiger partial charge in [-0.25, -0.2) is 21.6 Å². The molecule has 19 heteroatoms. The number of likely N-dealkylation sites (N-methyl/N-ethyl adjacent to an activating group) is 1. The Morgan fingerprint density at radius 1 is 0.886 bits per heavy atom. The van der Waals surface area contributed by atoms with Gasteiger partial charge in [0.1, 0.15) is 4.90 Å². The van der Waals surface area contributed by atoms with Crippen molar-refractivity contribution in [2.24, 2.45) is 5.92 Å². The lowest BCUT2D eigenvalue weighted by Gasteiger charge is -2.36. The molecule has 5 aromatic rings. The monoisotopic (exact) mass is 1040 g/mol. The maximum atomic E-state index is 14.3. The molecular formula is C51H59ClF3N5O7S3. The Balaban J connectivity index is 1.03. The molecule has 0 spiro atoms. The van der Waals surface area contributed by atoms with Gasteiger partial charge in [-0.15, -0.1) is 11.8 Å². The van der Waals surface area contributed by atoms with E-state index in [1.165, 1.54) is 23.9 Å². The van der Waals surface area contributed by atoms with E-state index in [4.69, 9.17) is 16.3 Å². The number of carbonyl (C=O) groups excluding carboxylic acids is 1. The van der Waals surface area contributed by atoms with E-state index < -0.39 is 58.9 Å². The van der Waals surface area contributed by atoms with E-state index in [2.05, 4.69) is 33.9 Å². The topological polar surface area (TPSA) is 149 Å². The molecule has 5 aromatic carbocycles. The maximum absolute atomic E-state index is 14.3. The summed E-state index contributed by atoms with van der Waals surface area (Å²) in [6.45, 7) is 10.3. The number of hydrogen-bond acceptors (Lipinski definition) is 12. The summed E-state index contributed by atoms with van der Waals surface area (Å²) in [7, 11) is -11.0. The van der Waals surface area contributed by atoms with Gasteiger partial charge in [0.25, 0.3) is 25.8 Å². The van der Waals surface area contributed by atoms with Gasteiger partial charge in [-0.2, -0.15) is 13.2 Å². The highest BCUT2D eigenvalue weighted by Crippen LogP contribution is 2.39. The Bertz CT molecular complexity index is 2750. The van der Waals surface area contributed by atoms with E-state index in [1.54, 1.807) is 12.1 Å². The lowest BCUT2D eigenvalue weighted by Crippen LogP contribution is -2.48. The van der Waals surface area contributed by atoms with Crippen LogP contribution in [0.5, 0.6) is 0 Å². The molecule has 0 unspecified atom stereocenters. The molecule has 2 heterocycles. The van der Waals surface area contributed by atoms with Crippen molar-refractivity contribution in [2.75, 3.05) is 74.9 Å². The zero-order valence-corrected chi connectivity index (χ0v) is 42.2. The van der Waals surface area contributed by atoms with Gasteiger partial charge in [0.15, 0.2) is 0 Å². The molecular weight excluding hydrogens is 983 g/mol. The van der Waals surface area contributed by atoms with Crippen LogP contribution in [-0.2, 0) is 24.6 Å². The van der Waals surface area contributed by atoms with Crippen LogP contribution in [-0.4, -0.2) is 120 Å². The summed E-state index contributed by atoms with van der Waals surface area (Å²) < 4.78 is 105. The first kappa shape index (κ1) is 53.1. The number of benzene rings is 5. The number of piperidine rings is 1. The summed E-state index contributed by atoms with van der Waals surface area (Å²) in [5.41, 5.74) is -2.75. The number of nitrogens with zero attached hydrogens (tertiary/aromatic N) is 3. The molecule has 70 heavy (non-hydrogen) atoms. The number of alkyl halides is 3. The second-order valence-electron chi connectivity index (χ2n) is 17.5. The first-order chi connectivity index (χ1) is 33.4. The van der Waals surface area contributed by atoms with Crippen LogP contribution in [0.4, 0.5) is 24.5 Å². The Morgan fingerprint density at radius 2 is 1.56 bits per heavy atom. The number of aliphatic hydroxyl groups excluding tert-OH is 1. The summed E-state index contributed by atoms with van der Waals surface area (Å²) >= 11 is 7.56. The Kier molecular flexibility index (Phi) is 18.0. The number of hydrogen-bond donors (Lipinski definition) is 3. The lowest BCUT2D eigenvalue weighted by molar-refractivity contribution is -0.0436. The number of morpholine rings is 1. The summed E-state index contributed by atoms with van der Waals surface area (Å²) in [5.74, 6) is -0.733. The fraction of sp³-hybridized carbons (Fsp3) is 0.392. The quantitative estimate of drug-likeness (QED) is 0.0638. The molecule has 12 nitrogen and oxygen atoms in total. The predicted octanol–water partition coefficient (Wildman–Crippen LogP) is 9.37. The molecule has 2 fully saturated rings. The fourth-order valence-electron chi connectivity index (χ4n) is 8.91. The van der Waals surface area contributed by atoms with Crippen LogP contribution < -0.4 is 14.9 Å². The van der Waals surface area contributed by atoms with Gasteiger partial charge in [-0.3, -0.25) is 9.69 Å². The van der Waals surface area contributed by atoms with Crippen LogP contribution >= 0.6 is 23.4 Å². The maximum Gasteiger partial charge on any atom is 0.501 e. The number of sulfone groups is 1. The molecule has 2 aliphatic rings. The number of aliphatic hydroxyl groups is 1. The number of carbonyl (C=O) groups is 1. The zero-order chi connectivity index (χ0) is 50.1. The minimum absolute atomic E-state index is 0.0204. The van der Waals surface area contributed by atoms with E-state index in [1.807, 2.05) is 83.6 Å². The second kappa shape index (κ2) is 23.7. The largest absolute Gasteiger partial charge is 0.501 e. The van der Waals surface area contributed by atoms with Crippen molar-refractivity contribution in [3.05, 3.63) is 137 Å². The van der Waals surface area contributed by atoms with Gasteiger partial charge in [-0.05, 0) is 122 Å². The van der Waals surface area contributed by atoms with Crippen molar-refractivity contribution >= 4 is 60.5 Å². The molecule has 3 atom stereocenters. The molecule has 0 aliphatic carbocycles. The number of nitrogens with one attached hydrogen (secondary N) is 2. The summed E-state index contributed by atoms with van der Waals surface area (Å²) in [5, 5.41) is 15.2. The van der Waals surface area contributed by atoms with E-state index in [9.17, 15) is 39.9 Å². The van der Waals surface area contributed by atoms with Gasteiger partial charge < -0.3 is 25.0 Å². The van der Waals surface area contributed by atoms with Crippen molar-refractivity contribution in [2.45, 2.75) is 71.6 Å². The molecule has 1 amide bonds. The molecule has 0 saturated carbocycles. The average molecular weight is 1040 g/mol. The molecule has 2 saturated heterocycles. The number of anilines is 2. The summed E-state index contributed by atoms with van der Waals surface area (Å²) in [6.07, 6.45) is 1.04. The third-order valence-electron chi connectivity index (χ3n) is 12.9. The van der Waals surface area contributed by atoms with Gasteiger partial charge in [0.2, 0.25) is 0 Å². The van der Waals surface area contributed by atoms with Crippen LogP contribution in [0.15, 0.2) is 136 Å². The van der Waals surface area contributed by atoms with Crippen molar-refractivity contribution in [3.63, 3.8) is 0 Å². The van der Waals surface area contributed by atoms with Crippen molar-refractivity contribution in [1.29, 1.82) is 0 Å². The van der Waals surface area contributed by atoms with Gasteiger partial charge >= 0.3 is 5.51 Å². The Hall–Kier alpha value is -4.66. The Labute approximate surface area is 418 Å². The fourth-order valence-corrected chi connectivity index (χ4v) is 12.0. The molecule has 2 aliphatic heterocycles. The van der Waals surface area contributed by atoms with Crippen molar-refractivity contribution in [1.82, 2.24) is 14.5 Å². The Morgan fingerprint density at radius 3 is 2.23 bits per heavy atom. The minimum Gasteiger partial charge on any atom is -0.388 e. The smallest absolute Gasteiger partial charge is 0.388 e. The standard InChI is InChI=1S/C51H59ClF3N5O7S3/c1-3-58(4-2)33-42-34-59(30-31-67-42)27-26-40(35-68-43-10-6-5-7-11-43)56-47-23-22-44(32-48(47)69(63,64)51(53,54)55)70(65,66)57-50(62)38-16-20-41(21-17-38)60-28-24-37(25-29-60)49(61)46-13-9-8-12-45(46)36-14-18-39(52)19-15-36/h5-23,32,37,40,42,49,56,61H,3-4,24-31,33-35H2,1-2H3,(H,57,62)/t40-,42-,49-/m1/s1. The number of thioether (sulfide) groups is 1. The van der Waals surface area contributed by atoms with Crippen molar-refractivity contribution < 1.29 is 44.6 Å². The van der Waals surface area contributed by atoms with E-state index in [-0.39, 0.29) is 17.6 Å². The predicted molar refractivity (Wildman–Crippen MR) is 271 cm³/mol. The first-order valence-corrected chi connectivity index (χ1v) is 27.7. The van der Waals surface area contributed by atoms with Crippen molar-refractivity contribution in [3.8, 4) is 11.1 Å².